The van der Waals surface area contributed by atoms with Gasteiger partial charge in [-0.15, -0.1) is 0 Å². The van der Waals surface area contributed by atoms with Crippen LogP contribution in [0, 0.1) is 11.6 Å². The van der Waals surface area contributed by atoms with Gasteiger partial charge >= 0.3 is 0 Å². The Morgan fingerprint density at radius 1 is 1.16 bits per heavy atom. The van der Waals surface area contributed by atoms with Gasteiger partial charge in [-0.1, -0.05) is 13.0 Å². The van der Waals surface area contributed by atoms with Gasteiger partial charge in [0, 0.05) is 18.7 Å². The van der Waals surface area contributed by atoms with Gasteiger partial charge in [0.05, 0.1) is 0 Å². The summed E-state index contributed by atoms with van der Waals surface area (Å²) in [4.78, 5) is 4.21. The third-order valence-electron chi connectivity index (χ3n) is 2.39. The fourth-order valence-corrected chi connectivity index (χ4v) is 1.48. The molecule has 19 heavy (non-hydrogen) atoms. The Kier molecular flexibility index (Phi) is 4.28. The summed E-state index contributed by atoms with van der Waals surface area (Å²) in [7, 11) is 0. The molecule has 0 saturated carbocycles. The second-order valence-electron chi connectivity index (χ2n) is 3.97. The SMILES string of the molecule is CCCNc1cccc(Oc2ccc(F)c(F)c2)n1. The monoisotopic (exact) mass is 264 g/mol. The smallest absolute Gasteiger partial charge is 0.221 e. The number of nitrogens with zero attached hydrogens (tertiary/aromatic N) is 1. The molecule has 3 nitrogen and oxygen atoms in total. The average molecular weight is 264 g/mol. The van der Waals surface area contributed by atoms with Crippen LogP contribution in [-0.4, -0.2) is 11.5 Å². The standard InChI is InChI=1S/C14H14F2N2O/c1-2-8-17-13-4-3-5-14(18-13)19-10-6-7-11(15)12(16)9-10/h3-7,9H,2,8H2,1H3,(H,17,18). The van der Waals surface area contributed by atoms with Crippen LogP contribution >= 0.6 is 0 Å². The Hall–Kier alpha value is -2.17. The van der Waals surface area contributed by atoms with E-state index in [2.05, 4.69) is 17.2 Å². The maximum Gasteiger partial charge on any atom is 0.221 e. The first-order valence-electron chi connectivity index (χ1n) is 6.03. The first-order chi connectivity index (χ1) is 9.19. The highest BCUT2D eigenvalue weighted by molar-refractivity contribution is 5.38. The van der Waals surface area contributed by atoms with Gasteiger partial charge in [0.15, 0.2) is 11.6 Å². The van der Waals surface area contributed by atoms with E-state index in [0.29, 0.717) is 11.7 Å². The van der Waals surface area contributed by atoms with Crippen molar-refractivity contribution in [3.8, 4) is 11.6 Å². The Morgan fingerprint density at radius 3 is 2.74 bits per heavy atom. The molecule has 0 aliphatic rings. The Labute approximate surface area is 110 Å². The van der Waals surface area contributed by atoms with Crippen LogP contribution < -0.4 is 10.1 Å². The van der Waals surface area contributed by atoms with Gasteiger partial charge in [0.2, 0.25) is 5.88 Å². The third-order valence-corrected chi connectivity index (χ3v) is 2.39. The van der Waals surface area contributed by atoms with Crippen molar-refractivity contribution in [2.24, 2.45) is 0 Å². The van der Waals surface area contributed by atoms with Crippen LogP contribution in [-0.2, 0) is 0 Å². The molecular formula is C14H14F2N2O. The van der Waals surface area contributed by atoms with Crippen LogP contribution in [0.5, 0.6) is 11.6 Å². The minimum atomic E-state index is -0.947. The van der Waals surface area contributed by atoms with Crippen LogP contribution in [0.4, 0.5) is 14.6 Å². The van der Waals surface area contributed by atoms with Crippen molar-refractivity contribution in [2.45, 2.75) is 13.3 Å². The normalized spacial score (nSPS) is 10.3. The highest BCUT2D eigenvalue weighted by atomic mass is 19.2. The molecule has 100 valence electrons. The van der Waals surface area contributed by atoms with Crippen LogP contribution in [0.3, 0.4) is 0 Å². The van der Waals surface area contributed by atoms with Gasteiger partial charge in [-0.05, 0) is 24.6 Å². The second kappa shape index (κ2) is 6.13. The maximum atomic E-state index is 13.0. The zero-order valence-electron chi connectivity index (χ0n) is 10.5. The minimum absolute atomic E-state index is 0.207. The van der Waals surface area contributed by atoms with Crippen LogP contribution in [0.1, 0.15) is 13.3 Å². The largest absolute Gasteiger partial charge is 0.439 e. The molecule has 0 fully saturated rings. The van der Waals surface area contributed by atoms with Gasteiger partial charge in [0.1, 0.15) is 11.6 Å². The molecule has 1 aromatic heterocycles. The maximum absolute atomic E-state index is 13.0. The summed E-state index contributed by atoms with van der Waals surface area (Å²) in [6.45, 7) is 2.86. The fraction of sp³-hybridized carbons (Fsp3) is 0.214. The third kappa shape index (κ3) is 3.64. The van der Waals surface area contributed by atoms with Crippen molar-refractivity contribution in [3.63, 3.8) is 0 Å². The van der Waals surface area contributed by atoms with Crippen molar-refractivity contribution in [2.75, 3.05) is 11.9 Å². The predicted molar refractivity (Wildman–Crippen MR) is 69.4 cm³/mol. The lowest BCUT2D eigenvalue weighted by molar-refractivity contribution is 0.448. The number of pyridine rings is 1. The topological polar surface area (TPSA) is 34.1 Å². The summed E-state index contributed by atoms with van der Waals surface area (Å²) >= 11 is 0. The first-order valence-corrected chi connectivity index (χ1v) is 6.03. The van der Waals surface area contributed by atoms with E-state index in [1.807, 2.05) is 6.07 Å². The molecule has 2 aromatic rings. The molecule has 1 N–H and O–H groups in total. The second-order valence-corrected chi connectivity index (χ2v) is 3.97. The van der Waals surface area contributed by atoms with E-state index < -0.39 is 11.6 Å². The molecule has 0 atom stereocenters. The summed E-state index contributed by atoms with van der Waals surface area (Å²) in [5.74, 6) is -0.635. The Balaban J connectivity index is 2.11. The predicted octanol–water partition coefficient (Wildman–Crippen LogP) is 3.97. The van der Waals surface area contributed by atoms with Gasteiger partial charge in [-0.3, -0.25) is 0 Å². The Bertz CT molecular complexity index is 561. The number of benzene rings is 1. The Morgan fingerprint density at radius 2 is 2.00 bits per heavy atom. The number of rotatable bonds is 5. The highest BCUT2D eigenvalue weighted by Gasteiger charge is 2.05. The van der Waals surface area contributed by atoms with Crippen molar-refractivity contribution in [1.82, 2.24) is 4.98 Å². The quantitative estimate of drug-likeness (QED) is 0.887. The molecule has 0 radical (unpaired) electrons. The summed E-state index contributed by atoms with van der Waals surface area (Å²) < 4.78 is 31.2. The molecule has 0 aliphatic carbocycles. The molecule has 0 saturated heterocycles. The zero-order valence-corrected chi connectivity index (χ0v) is 10.5. The number of anilines is 1. The van der Waals surface area contributed by atoms with E-state index in [4.69, 9.17) is 4.74 Å². The van der Waals surface area contributed by atoms with E-state index >= 15 is 0 Å². The van der Waals surface area contributed by atoms with Crippen molar-refractivity contribution >= 4 is 5.82 Å². The molecule has 2 rings (SSSR count). The summed E-state index contributed by atoms with van der Waals surface area (Å²) in [5, 5.41) is 3.12. The molecule has 5 heteroatoms. The molecule has 0 amide bonds. The van der Waals surface area contributed by atoms with Gasteiger partial charge < -0.3 is 10.1 Å². The molecule has 0 aliphatic heterocycles. The van der Waals surface area contributed by atoms with Crippen molar-refractivity contribution in [1.29, 1.82) is 0 Å². The number of aromatic nitrogens is 1. The van der Waals surface area contributed by atoms with E-state index in [0.717, 1.165) is 25.1 Å². The first kappa shape index (κ1) is 13.3. The summed E-state index contributed by atoms with van der Waals surface area (Å²) in [6, 6.07) is 8.60. The zero-order chi connectivity index (χ0) is 13.7. The van der Waals surface area contributed by atoms with Gasteiger partial charge in [0.25, 0.3) is 0 Å². The number of ether oxygens (including phenoxy) is 1. The molecule has 0 spiro atoms. The van der Waals surface area contributed by atoms with Crippen LogP contribution in [0.2, 0.25) is 0 Å². The summed E-state index contributed by atoms with van der Waals surface area (Å²) in [5.41, 5.74) is 0. The number of nitrogens with one attached hydrogen (secondary N) is 1. The van der Waals surface area contributed by atoms with E-state index in [9.17, 15) is 8.78 Å². The lowest BCUT2D eigenvalue weighted by atomic mass is 10.3. The average Bonchev–Trinajstić information content (AvgIpc) is 2.41. The van der Waals surface area contributed by atoms with Crippen LogP contribution in [0.25, 0.3) is 0 Å². The number of hydrogen-bond acceptors (Lipinski definition) is 3. The molecular weight excluding hydrogens is 250 g/mol. The van der Waals surface area contributed by atoms with Crippen LogP contribution in [0.15, 0.2) is 36.4 Å². The lowest BCUT2D eigenvalue weighted by Gasteiger charge is -2.08. The minimum Gasteiger partial charge on any atom is -0.439 e. The van der Waals surface area contributed by atoms with Crippen molar-refractivity contribution < 1.29 is 13.5 Å². The lowest BCUT2D eigenvalue weighted by Crippen LogP contribution is -2.02. The van der Waals surface area contributed by atoms with Crippen molar-refractivity contribution in [3.05, 3.63) is 48.0 Å². The van der Waals surface area contributed by atoms with E-state index in [1.165, 1.54) is 6.07 Å². The summed E-state index contributed by atoms with van der Waals surface area (Å²) in [6.07, 6.45) is 0.982. The van der Waals surface area contributed by atoms with Gasteiger partial charge in [-0.25, -0.2) is 8.78 Å². The molecule has 1 aromatic carbocycles. The molecule has 0 bridgehead atoms. The highest BCUT2D eigenvalue weighted by Crippen LogP contribution is 2.22. The molecule has 1 heterocycles. The van der Waals surface area contributed by atoms with E-state index in [1.54, 1.807) is 12.1 Å². The number of halogens is 2. The number of hydrogen-bond donors (Lipinski definition) is 1. The van der Waals surface area contributed by atoms with Gasteiger partial charge in [-0.2, -0.15) is 4.98 Å². The molecule has 0 unspecified atom stereocenters. The fourth-order valence-electron chi connectivity index (χ4n) is 1.48. The van der Waals surface area contributed by atoms with E-state index in [-0.39, 0.29) is 5.75 Å².